The van der Waals surface area contributed by atoms with E-state index in [0.29, 0.717) is 24.2 Å². The Balaban J connectivity index is 1.49. The van der Waals surface area contributed by atoms with Gasteiger partial charge >= 0.3 is 0 Å². The summed E-state index contributed by atoms with van der Waals surface area (Å²) in [5.74, 6) is 1.81. The molecule has 1 aliphatic carbocycles. The monoisotopic (exact) mass is 316 g/mol. The van der Waals surface area contributed by atoms with Crippen LogP contribution in [0.25, 0.3) is 0 Å². The van der Waals surface area contributed by atoms with Crippen molar-refractivity contribution < 1.29 is 14.3 Å². The van der Waals surface area contributed by atoms with E-state index in [0.717, 1.165) is 32.3 Å². The van der Waals surface area contributed by atoms with Crippen LogP contribution in [0.15, 0.2) is 24.4 Å². The van der Waals surface area contributed by atoms with Gasteiger partial charge in [-0.25, -0.2) is 4.98 Å². The van der Waals surface area contributed by atoms with E-state index in [1.54, 1.807) is 6.20 Å². The molecule has 1 saturated carbocycles. The van der Waals surface area contributed by atoms with Crippen LogP contribution in [0.5, 0.6) is 5.88 Å². The van der Waals surface area contributed by atoms with Crippen LogP contribution in [0, 0.1) is 11.8 Å². The number of carbonyl (C=O) groups is 1. The Morgan fingerprint density at radius 3 is 3.00 bits per heavy atom. The van der Waals surface area contributed by atoms with Gasteiger partial charge in [0.05, 0.1) is 12.6 Å². The molecule has 0 bridgehead atoms. The maximum absolute atomic E-state index is 12.8. The molecule has 1 aromatic heterocycles. The van der Waals surface area contributed by atoms with Crippen molar-refractivity contribution in [1.29, 1.82) is 0 Å². The molecule has 2 aliphatic heterocycles. The molecule has 4 rings (SSSR count). The second kappa shape index (κ2) is 6.11. The van der Waals surface area contributed by atoms with Gasteiger partial charge in [-0.15, -0.1) is 0 Å². The predicted molar refractivity (Wildman–Crippen MR) is 85.0 cm³/mol. The molecular formula is C18H24N2O3. The molecule has 1 amide bonds. The van der Waals surface area contributed by atoms with Gasteiger partial charge in [0.25, 0.3) is 0 Å². The lowest BCUT2D eigenvalue weighted by atomic mass is 9.75. The fourth-order valence-electron chi connectivity index (χ4n) is 4.18. The van der Waals surface area contributed by atoms with Crippen LogP contribution in [0.3, 0.4) is 0 Å². The van der Waals surface area contributed by atoms with Gasteiger partial charge in [-0.3, -0.25) is 4.79 Å². The first-order chi connectivity index (χ1) is 11.2. The van der Waals surface area contributed by atoms with E-state index in [2.05, 4.69) is 11.9 Å². The Labute approximate surface area is 137 Å². The number of fused-ring (bicyclic) bond motifs is 1. The number of rotatable bonds is 3. The standard InChI is InChI=1S/C18H24N2O3/c1-12-9-13(10-12)18(21)20-11-15(17-14(20)5-4-8-22-17)23-16-6-2-3-7-19-16/h2-3,6-7,12-15,17H,4-5,8-11H2,1H3/t12?,13?,14-,15+,17+/m1/s1. The third-order valence-corrected chi connectivity index (χ3v) is 5.39. The molecule has 0 N–H and O–H groups in total. The highest BCUT2D eigenvalue weighted by atomic mass is 16.5. The lowest BCUT2D eigenvalue weighted by molar-refractivity contribution is -0.143. The summed E-state index contributed by atoms with van der Waals surface area (Å²) in [6.07, 6.45) is 5.67. The number of carbonyl (C=O) groups excluding carboxylic acids is 1. The highest BCUT2D eigenvalue weighted by molar-refractivity contribution is 5.80. The molecule has 1 aromatic rings. The summed E-state index contributed by atoms with van der Waals surface area (Å²) in [6, 6.07) is 5.81. The van der Waals surface area contributed by atoms with Gasteiger partial charge in [0, 0.05) is 24.8 Å². The van der Waals surface area contributed by atoms with Crippen molar-refractivity contribution in [2.24, 2.45) is 11.8 Å². The number of hydrogen-bond acceptors (Lipinski definition) is 4. The molecule has 2 saturated heterocycles. The number of ether oxygens (including phenoxy) is 2. The summed E-state index contributed by atoms with van der Waals surface area (Å²) in [6.45, 7) is 3.59. The zero-order valence-electron chi connectivity index (χ0n) is 13.6. The van der Waals surface area contributed by atoms with Crippen molar-refractivity contribution >= 4 is 5.91 Å². The van der Waals surface area contributed by atoms with E-state index < -0.39 is 0 Å². The molecule has 5 heteroatoms. The maximum atomic E-state index is 12.8. The molecule has 23 heavy (non-hydrogen) atoms. The first-order valence-electron chi connectivity index (χ1n) is 8.72. The first-order valence-corrected chi connectivity index (χ1v) is 8.72. The second-order valence-electron chi connectivity index (χ2n) is 7.13. The topological polar surface area (TPSA) is 51.7 Å². The number of nitrogens with zero attached hydrogens (tertiary/aromatic N) is 2. The van der Waals surface area contributed by atoms with Crippen LogP contribution >= 0.6 is 0 Å². The zero-order valence-corrected chi connectivity index (χ0v) is 13.6. The normalized spacial score (nSPS) is 36.2. The van der Waals surface area contributed by atoms with E-state index in [1.165, 1.54) is 0 Å². The average Bonchev–Trinajstić information content (AvgIpc) is 2.91. The molecular weight excluding hydrogens is 292 g/mol. The largest absolute Gasteiger partial charge is 0.470 e. The molecule has 0 unspecified atom stereocenters. The van der Waals surface area contributed by atoms with E-state index >= 15 is 0 Å². The summed E-state index contributed by atoms with van der Waals surface area (Å²) >= 11 is 0. The van der Waals surface area contributed by atoms with Gasteiger partial charge in [0.15, 0.2) is 0 Å². The molecule has 3 atom stereocenters. The predicted octanol–water partition coefficient (Wildman–Crippen LogP) is 2.26. The van der Waals surface area contributed by atoms with Crippen LogP contribution in [-0.2, 0) is 9.53 Å². The summed E-state index contributed by atoms with van der Waals surface area (Å²) in [4.78, 5) is 19.1. The number of amides is 1. The highest BCUT2D eigenvalue weighted by Gasteiger charge is 2.49. The maximum Gasteiger partial charge on any atom is 0.226 e. The average molecular weight is 316 g/mol. The molecule has 0 radical (unpaired) electrons. The Bertz CT molecular complexity index is 559. The van der Waals surface area contributed by atoms with E-state index in [4.69, 9.17) is 9.47 Å². The van der Waals surface area contributed by atoms with Crippen molar-refractivity contribution in [3.05, 3.63) is 24.4 Å². The Morgan fingerprint density at radius 1 is 1.39 bits per heavy atom. The highest BCUT2D eigenvalue weighted by Crippen LogP contribution is 2.38. The van der Waals surface area contributed by atoms with Crippen LogP contribution < -0.4 is 4.74 Å². The first kappa shape index (κ1) is 14.9. The van der Waals surface area contributed by atoms with Gasteiger partial charge < -0.3 is 14.4 Å². The van der Waals surface area contributed by atoms with Gasteiger partial charge in [0.2, 0.25) is 11.8 Å². The van der Waals surface area contributed by atoms with Gasteiger partial charge in [-0.05, 0) is 37.7 Å². The third kappa shape index (κ3) is 2.82. The third-order valence-electron chi connectivity index (χ3n) is 5.39. The molecule has 0 spiro atoms. The zero-order chi connectivity index (χ0) is 15.8. The fraction of sp³-hybridized carbons (Fsp3) is 0.667. The van der Waals surface area contributed by atoms with Gasteiger partial charge in [-0.2, -0.15) is 0 Å². The van der Waals surface area contributed by atoms with Crippen LogP contribution in [0.1, 0.15) is 32.6 Å². The van der Waals surface area contributed by atoms with Crippen molar-refractivity contribution in [1.82, 2.24) is 9.88 Å². The van der Waals surface area contributed by atoms with Crippen LogP contribution in [0.2, 0.25) is 0 Å². The fourth-order valence-corrected chi connectivity index (χ4v) is 4.18. The van der Waals surface area contributed by atoms with Crippen molar-refractivity contribution in [2.45, 2.75) is 50.9 Å². The van der Waals surface area contributed by atoms with E-state index in [-0.39, 0.29) is 24.2 Å². The van der Waals surface area contributed by atoms with Crippen molar-refractivity contribution in [3.63, 3.8) is 0 Å². The molecule has 124 valence electrons. The van der Waals surface area contributed by atoms with Crippen LogP contribution in [0.4, 0.5) is 0 Å². The number of aromatic nitrogens is 1. The molecule has 3 aliphatic rings. The summed E-state index contributed by atoms with van der Waals surface area (Å²) in [7, 11) is 0. The number of likely N-dealkylation sites (tertiary alicyclic amines) is 1. The lowest BCUT2D eigenvalue weighted by Crippen LogP contribution is -2.47. The minimum absolute atomic E-state index is 0.0211. The lowest BCUT2D eigenvalue weighted by Gasteiger charge is -2.38. The van der Waals surface area contributed by atoms with Gasteiger partial charge in [0.1, 0.15) is 12.2 Å². The molecule has 0 aromatic carbocycles. The Hall–Kier alpha value is -1.62. The second-order valence-corrected chi connectivity index (χ2v) is 7.13. The van der Waals surface area contributed by atoms with Crippen molar-refractivity contribution in [2.75, 3.05) is 13.2 Å². The summed E-state index contributed by atoms with van der Waals surface area (Å²) < 4.78 is 12.0. The smallest absolute Gasteiger partial charge is 0.226 e. The molecule has 3 heterocycles. The van der Waals surface area contributed by atoms with E-state index in [1.807, 2.05) is 23.1 Å². The Morgan fingerprint density at radius 2 is 2.26 bits per heavy atom. The minimum Gasteiger partial charge on any atom is -0.470 e. The van der Waals surface area contributed by atoms with Crippen molar-refractivity contribution in [3.8, 4) is 5.88 Å². The summed E-state index contributed by atoms with van der Waals surface area (Å²) in [5, 5.41) is 0. The minimum atomic E-state index is -0.114. The van der Waals surface area contributed by atoms with Crippen LogP contribution in [-0.4, -0.2) is 47.2 Å². The quantitative estimate of drug-likeness (QED) is 0.858. The molecule has 5 nitrogen and oxygen atoms in total. The Kier molecular flexibility index (Phi) is 3.97. The summed E-state index contributed by atoms with van der Waals surface area (Å²) in [5.41, 5.74) is 0. The SMILES string of the molecule is CC1CC(C(=O)N2C[C@H](Oc3ccccn3)[C@H]3OCCC[C@H]32)C1. The van der Waals surface area contributed by atoms with Gasteiger partial charge in [-0.1, -0.05) is 13.0 Å². The number of pyridine rings is 1. The number of hydrogen-bond donors (Lipinski definition) is 0. The molecule has 3 fully saturated rings. The van der Waals surface area contributed by atoms with E-state index in [9.17, 15) is 4.79 Å².